The van der Waals surface area contributed by atoms with E-state index in [-0.39, 0.29) is 0 Å². The zero-order valence-electron chi connectivity index (χ0n) is 10.6. The summed E-state index contributed by atoms with van der Waals surface area (Å²) in [6, 6.07) is 3.67. The number of nitrogen functional groups attached to an aromatic ring is 1. The minimum Gasteiger partial charge on any atom is -0.476 e. The molecule has 0 atom stereocenters. The van der Waals surface area contributed by atoms with Crippen LogP contribution in [0.15, 0.2) is 22.9 Å². The summed E-state index contributed by atoms with van der Waals surface area (Å²) in [4.78, 5) is 4.34. The summed E-state index contributed by atoms with van der Waals surface area (Å²) in [5.74, 6) is 1.27. The summed E-state index contributed by atoms with van der Waals surface area (Å²) in [5, 5.41) is 7.55. The first kappa shape index (κ1) is 12.7. The summed E-state index contributed by atoms with van der Waals surface area (Å²) in [6.45, 7) is 5.34. The highest BCUT2D eigenvalue weighted by Gasteiger charge is 2.04. The van der Waals surface area contributed by atoms with Crippen molar-refractivity contribution in [2.24, 2.45) is 0 Å². The average molecular weight is 263 g/mol. The van der Waals surface area contributed by atoms with Crippen LogP contribution in [0.2, 0.25) is 0 Å². The smallest absolute Gasteiger partial charge is 0.239 e. The van der Waals surface area contributed by atoms with E-state index < -0.39 is 0 Å². The zero-order chi connectivity index (χ0) is 13.0. The molecule has 2 aromatic rings. The minimum atomic E-state index is 0.490. The van der Waals surface area contributed by atoms with E-state index in [4.69, 9.17) is 10.5 Å². The monoisotopic (exact) mass is 263 g/mol. The predicted molar refractivity (Wildman–Crippen MR) is 76.2 cm³/mol. The first-order valence-electron chi connectivity index (χ1n) is 5.85. The Morgan fingerprint density at radius 3 is 2.89 bits per heavy atom. The molecule has 4 nitrogen and oxygen atoms in total. The molecule has 0 amide bonds. The molecule has 0 spiro atoms. The van der Waals surface area contributed by atoms with Gasteiger partial charge in [-0.15, -0.1) is 0 Å². The number of pyridine rings is 1. The Balaban J connectivity index is 2.05. The summed E-state index contributed by atoms with van der Waals surface area (Å²) >= 11 is 1.71. The van der Waals surface area contributed by atoms with Gasteiger partial charge in [0.25, 0.3) is 0 Å². The topological polar surface area (TPSA) is 60.2 Å². The molecular weight excluding hydrogens is 246 g/mol. The van der Waals surface area contributed by atoms with Crippen molar-refractivity contribution in [3.8, 4) is 5.88 Å². The Morgan fingerprint density at radius 2 is 2.22 bits per heavy atom. The number of hydrogen-bond donors (Lipinski definition) is 2. The molecule has 5 heteroatoms. The second-order valence-electron chi connectivity index (χ2n) is 3.96. The molecule has 0 bridgehead atoms. The molecule has 0 aliphatic rings. The van der Waals surface area contributed by atoms with Crippen LogP contribution in [0.5, 0.6) is 5.88 Å². The van der Waals surface area contributed by atoms with E-state index in [1.807, 2.05) is 13.0 Å². The van der Waals surface area contributed by atoms with E-state index in [0.717, 1.165) is 12.4 Å². The number of nitrogens with one attached hydrogen (secondary N) is 1. The Bertz CT molecular complexity index is 525. The average Bonchev–Trinajstić information content (AvgIpc) is 2.76. The maximum Gasteiger partial charge on any atom is 0.239 e. The van der Waals surface area contributed by atoms with Crippen LogP contribution in [0.25, 0.3) is 0 Å². The molecule has 0 unspecified atom stereocenters. The SMILES string of the molecule is CCOc1nc(NCc2cscc2C)ccc1N. The molecule has 2 heterocycles. The molecule has 3 N–H and O–H groups in total. The Morgan fingerprint density at radius 1 is 1.39 bits per heavy atom. The van der Waals surface area contributed by atoms with Crippen LogP contribution in [0.3, 0.4) is 0 Å². The third-order valence-corrected chi connectivity index (χ3v) is 3.50. The Hall–Kier alpha value is -1.75. The largest absolute Gasteiger partial charge is 0.476 e. The van der Waals surface area contributed by atoms with Gasteiger partial charge in [0.15, 0.2) is 0 Å². The lowest BCUT2D eigenvalue weighted by Crippen LogP contribution is -2.05. The summed E-state index contributed by atoms with van der Waals surface area (Å²) in [5.41, 5.74) is 8.93. The van der Waals surface area contributed by atoms with Gasteiger partial charge < -0.3 is 15.8 Å². The molecule has 18 heavy (non-hydrogen) atoms. The standard InChI is InChI=1S/C13H17N3OS/c1-3-17-13-11(14)4-5-12(16-13)15-6-10-8-18-7-9(10)2/h4-5,7-8H,3,6,14H2,1-2H3,(H,15,16). The number of nitrogens with two attached hydrogens (primary N) is 1. The van der Waals surface area contributed by atoms with Crippen LogP contribution in [0.1, 0.15) is 18.1 Å². The second-order valence-corrected chi connectivity index (χ2v) is 4.70. The molecule has 0 radical (unpaired) electrons. The third kappa shape index (κ3) is 2.92. The van der Waals surface area contributed by atoms with Crippen molar-refractivity contribution >= 4 is 22.8 Å². The molecule has 2 aromatic heterocycles. The van der Waals surface area contributed by atoms with E-state index in [1.54, 1.807) is 17.4 Å². The minimum absolute atomic E-state index is 0.490. The molecule has 96 valence electrons. The molecule has 0 saturated heterocycles. The van der Waals surface area contributed by atoms with Crippen molar-refractivity contribution < 1.29 is 4.74 Å². The number of aryl methyl sites for hydroxylation is 1. The van der Waals surface area contributed by atoms with Gasteiger partial charge in [0, 0.05) is 6.54 Å². The van der Waals surface area contributed by atoms with Gasteiger partial charge in [-0.05, 0) is 47.9 Å². The van der Waals surface area contributed by atoms with Gasteiger partial charge >= 0.3 is 0 Å². The molecular formula is C13H17N3OS. The van der Waals surface area contributed by atoms with Crippen molar-refractivity contribution in [3.63, 3.8) is 0 Å². The molecule has 0 aliphatic carbocycles. The number of nitrogens with zero attached hydrogens (tertiary/aromatic N) is 1. The molecule has 0 saturated carbocycles. The van der Waals surface area contributed by atoms with Crippen molar-refractivity contribution in [3.05, 3.63) is 34.0 Å². The van der Waals surface area contributed by atoms with Gasteiger partial charge in [-0.1, -0.05) is 0 Å². The van der Waals surface area contributed by atoms with E-state index >= 15 is 0 Å². The van der Waals surface area contributed by atoms with Gasteiger partial charge in [0.2, 0.25) is 5.88 Å². The van der Waals surface area contributed by atoms with Crippen molar-refractivity contribution in [2.75, 3.05) is 17.7 Å². The van der Waals surface area contributed by atoms with Gasteiger partial charge in [0.05, 0.1) is 12.3 Å². The maximum absolute atomic E-state index is 5.78. The summed E-state index contributed by atoms with van der Waals surface area (Å²) in [6.07, 6.45) is 0. The number of thiophene rings is 1. The zero-order valence-corrected chi connectivity index (χ0v) is 11.4. The highest BCUT2D eigenvalue weighted by molar-refractivity contribution is 7.08. The van der Waals surface area contributed by atoms with Gasteiger partial charge in [-0.3, -0.25) is 0 Å². The normalized spacial score (nSPS) is 10.3. The second kappa shape index (κ2) is 5.73. The first-order valence-corrected chi connectivity index (χ1v) is 6.80. The van der Waals surface area contributed by atoms with Crippen LogP contribution in [0, 0.1) is 6.92 Å². The lowest BCUT2D eigenvalue weighted by Gasteiger charge is -2.09. The number of hydrogen-bond acceptors (Lipinski definition) is 5. The highest BCUT2D eigenvalue weighted by Crippen LogP contribution is 2.22. The Labute approximate surface area is 111 Å². The lowest BCUT2D eigenvalue weighted by atomic mass is 10.2. The fraction of sp³-hybridized carbons (Fsp3) is 0.308. The fourth-order valence-electron chi connectivity index (χ4n) is 1.56. The van der Waals surface area contributed by atoms with Crippen molar-refractivity contribution in [1.29, 1.82) is 0 Å². The van der Waals surface area contributed by atoms with Crippen molar-refractivity contribution in [2.45, 2.75) is 20.4 Å². The van der Waals surface area contributed by atoms with Crippen LogP contribution >= 0.6 is 11.3 Å². The summed E-state index contributed by atoms with van der Waals surface area (Å²) < 4.78 is 5.36. The van der Waals surface area contributed by atoms with Crippen LogP contribution in [0.4, 0.5) is 11.5 Å². The molecule has 2 rings (SSSR count). The van der Waals surface area contributed by atoms with Gasteiger partial charge in [0.1, 0.15) is 5.82 Å². The Kier molecular flexibility index (Phi) is 4.04. The lowest BCUT2D eigenvalue weighted by molar-refractivity contribution is 0.329. The molecule has 0 aliphatic heterocycles. The quantitative estimate of drug-likeness (QED) is 0.870. The van der Waals surface area contributed by atoms with Crippen molar-refractivity contribution in [1.82, 2.24) is 4.98 Å². The van der Waals surface area contributed by atoms with Gasteiger partial charge in [-0.2, -0.15) is 16.3 Å². The fourth-order valence-corrected chi connectivity index (χ4v) is 2.41. The van der Waals surface area contributed by atoms with Crippen LogP contribution < -0.4 is 15.8 Å². The van der Waals surface area contributed by atoms with E-state index in [0.29, 0.717) is 18.2 Å². The van der Waals surface area contributed by atoms with E-state index in [2.05, 4.69) is 28.0 Å². The number of anilines is 2. The first-order chi connectivity index (χ1) is 8.70. The number of rotatable bonds is 5. The number of ether oxygens (including phenoxy) is 1. The van der Waals surface area contributed by atoms with E-state index in [9.17, 15) is 0 Å². The van der Waals surface area contributed by atoms with E-state index in [1.165, 1.54) is 11.1 Å². The maximum atomic E-state index is 5.78. The highest BCUT2D eigenvalue weighted by atomic mass is 32.1. The molecule has 0 aromatic carbocycles. The predicted octanol–water partition coefficient (Wildman–Crippen LogP) is 3.04. The number of aromatic nitrogens is 1. The van der Waals surface area contributed by atoms with Crippen LogP contribution in [-0.4, -0.2) is 11.6 Å². The van der Waals surface area contributed by atoms with Crippen LogP contribution in [-0.2, 0) is 6.54 Å². The third-order valence-electron chi connectivity index (χ3n) is 2.59. The summed E-state index contributed by atoms with van der Waals surface area (Å²) in [7, 11) is 0. The molecule has 0 fully saturated rings. The van der Waals surface area contributed by atoms with Gasteiger partial charge in [-0.25, -0.2) is 0 Å².